The van der Waals surface area contributed by atoms with Gasteiger partial charge in [-0.1, -0.05) is 13.0 Å². The van der Waals surface area contributed by atoms with Crippen molar-refractivity contribution < 1.29 is 9.53 Å². The highest BCUT2D eigenvalue weighted by Gasteiger charge is 2.57. The lowest BCUT2D eigenvalue weighted by molar-refractivity contribution is -0.132. The fourth-order valence-electron chi connectivity index (χ4n) is 6.03. The van der Waals surface area contributed by atoms with E-state index in [1.165, 1.54) is 30.5 Å². The summed E-state index contributed by atoms with van der Waals surface area (Å²) in [7, 11) is 1.74. The minimum Gasteiger partial charge on any atom is -0.497 e. The van der Waals surface area contributed by atoms with Crippen LogP contribution in [-0.4, -0.2) is 36.9 Å². The summed E-state index contributed by atoms with van der Waals surface area (Å²) in [5.74, 6) is 3.21. The number of likely N-dealkylation sites (tertiary alicyclic amines) is 1. The standard InChI is InChI=1S/C22H29NO2.ClH/c1-14-9-19-20-10-16-5-6-17(25-2)11-18(16)22(19,12-21(14)24)7-8-23(20)13-15-3-4-15;/h5-6,11,14-15,19-20H,3-4,7-10,12-13H2,1-2H3;1H/t14?,19-,20+,22+;/m0./s1. The van der Waals surface area contributed by atoms with Gasteiger partial charge in [0.15, 0.2) is 0 Å². The average Bonchev–Trinajstić information content (AvgIpc) is 3.42. The molecule has 4 aliphatic rings. The summed E-state index contributed by atoms with van der Waals surface area (Å²) in [6.07, 6.45) is 6.94. The molecular weight excluding hydrogens is 346 g/mol. The molecule has 5 rings (SSSR count). The SMILES string of the molecule is COc1ccc2c(c1)[C@]13CCN(CC4CC4)[C@H](C2)[C@@H]1CC(C)C(=O)C3.Cl. The van der Waals surface area contributed by atoms with Gasteiger partial charge < -0.3 is 4.74 Å². The van der Waals surface area contributed by atoms with E-state index in [1.807, 2.05) is 0 Å². The number of halogens is 1. The van der Waals surface area contributed by atoms with Crippen molar-refractivity contribution in [3.8, 4) is 5.75 Å². The van der Waals surface area contributed by atoms with Gasteiger partial charge in [0.2, 0.25) is 0 Å². The quantitative estimate of drug-likeness (QED) is 0.799. The number of rotatable bonds is 3. The maximum Gasteiger partial charge on any atom is 0.136 e. The van der Waals surface area contributed by atoms with Crippen LogP contribution in [0.4, 0.5) is 0 Å². The van der Waals surface area contributed by atoms with Crippen molar-refractivity contribution >= 4 is 18.2 Å². The molecule has 2 bridgehead atoms. The Balaban J connectivity index is 0.00000168. The van der Waals surface area contributed by atoms with Crippen LogP contribution in [0.15, 0.2) is 18.2 Å². The van der Waals surface area contributed by atoms with Crippen molar-refractivity contribution in [1.82, 2.24) is 4.90 Å². The number of ketones is 1. The van der Waals surface area contributed by atoms with E-state index in [9.17, 15) is 4.79 Å². The maximum absolute atomic E-state index is 12.7. The lowest BCUT2D eigenvalue weighted by Crippen LogP contribution is -2.63. The molecule has 3 nitrogen and oxygen atoms in total. The molecule has 3 aliphatic carbocycles. The zero-order valence-corrected chi connectivity index (χ0v) is 16.7. The largest absolute Gasteiger partial charge is 0.497 e. The number of Topliss-reactive ketones (excluding diaryl/α,β-unsaturated/α-hetero) is 1. The van der Waals surface area contributed by atoms with Crippen molar-refractivity contribution in [2.45, 2.75) is 56.9 Å². The summed E-state index contributed by atoms with van der Waals surface area (Å²) in [6.45, 7) is 4.60. The van der Waals surface area contributed by atoms with Crippen LogP contribution in [0.1, 0.15) is 50.2 Å². The van der Waals surface area contributed by atoms with Gasteiger partial charge >= 0.3 is 0 Å². The van der Waals surface area contributed by atoms with Gasteiger partial charge in [0.1, 0.15) is 11.5 Å². The van der Waals surface area contributed by atoms with E-state index in [0.717, 1.165) is 43.9 Å². The third kappa shape index (κ3) is 2.70. The number of carbonyl (C=O) groups is 1. The number of methoxy groups -OCH3 is 1. The lowest BCUT2D eigenvalue weighted by Gasteiger charge is -2.59. The van der Waals surface area contributed by atoms with Crippen molar-refractivity contribution in [3.63, 3.8) is 0 Å². The Morgan fingerprint density at radius 3 is 2.85 bits per heavy atom. The Morgan fingerprint density at radius 1 is 1.31 bits per heavy atom. The predicted molar refractivity (Wildman–Crippen MR) is 105 cm³/mol. The van der Waals surface area contributed by atoms with Gasteiger partial charge in [0.25, 0.3) is 0 Å². The molecular formula is C22H30ClNO2. The van der Waals surface area contributed by atoms with Crippen molar-refractivity contribution in [2.75, 3.05) is 20.2 Å². The average molecular weight is 376 g/mol. The smallest absolute Gasteiger partial charge is 0.136 e. The first kappa shape index (κ1) is 18.3. The molecule has 1 aliphatic heterocycles. The maximum atomic E-state index is 12.7. The van der Waals surface area contributed by atoms with Gasteiger partial charge in [0, 0.05) is 30.3 Å². The second-order valence-electron chi connectivity index (χ2n) is 9.03. The fraction of sp³-hybridized carbons (Fsp3) is 0.682. The van der Waals surface area contributed by atoms with Crippen LogP contribution < -0.4 is 4.74 Å². The molecule has 3 fully saturated rings. The zero-order valence-electron chi connectivity index (χ0n) is 15.9. The number of ether oxygens (including phenoxy) is 1. The minimum absolute atomic E-state index is 0. The van der Waals surface area contributed by atoms with Crippen LogP contribution >= 0.6 is 12.4 Å². The van der Waals surface area contributed by atoms with Crippen LogP contribution in [0.2, 0.25) is 0 Å². The summed E-state index contributed by atoms with van der Waals surface area (Å²) in [5.41, 5.74) is 2.96. The minimum atomic E-state index is 0. The predicted octanol–water partition coefficient (Wildman–Crippen LogP) is 4.01. The zero-order chi connectivity index (χ0) is 17.2. The van der Waals surface area contributed by atoms with Gasteiger partial charge in [-0.3, -0.25) is 9.69 Å². The van der Waals surface area contributed by atoms with Gasteiger partial charge in [0.05, 0.1) is 7.11 Å². The van der Waals surface area contributed by atoms with E-state index in [4.69, 9.17) is 4.74 Å². The van der Waals surface area contributed by atoms with Crippen molar-refractivity contribution in [2.24, 2.45) is 17.8 Å². The van der Waals surface area contributed by atoms with E-state index in [1.54, 1.807) is 7.11 Å². The van der Waals surface area contributed by atoms with Gasteiger partial charge in [-0.05, 0) is 73.7 Å². The molecule has 0 radical (unpaired) electrons. The molecule has 0 amide bonds. The molecule has 26 heavy (non-hydrogen) atoms. The number of nitrogens with zero attached hydrogens (tertiary/aromatic N) is 1. The Kier molecular flexibility index (Phi) is 4.60. The van der Waals surface area contributed by atoms with E-state index < -0.39 is 0 Å². The molecule has 1 heterocycles. The highest BCUT2D eigenvalue weighted by Crippen LogP contribution is 2.56. The monoisotopic (exact) mass is 375 g/mol. The van der Waals surface area contributed by atoms with Crippen LogP contribution in [0.3, 0.4) is 0 Å². The van der Waals surface area contributed by atoms with Crippen LogP contribution in [0.25, 0.3) is 0 Å². The molecule has 0 N–H and O–H groups in total. The Bertz CT molecular complexity index is 716. The molecule has 1 saturated heterocycles. The molecule has 1 unspecified atom stereocenters. The second-order valence-corrected chi connectivity index (χ2v) is 9.03. The van der Waals surface area contributed by atoms with Gasteiger partial charge in [-0.25, -0.2) is 0 Å². The molecule has 1 aromatic rings. The number of benzene rings is 1. The lowest BCUT2D eigenvalue weighted by atomic mass is 9.50. The Hall–Kier alpha value is -1.06. The number of fused-ring (bicyclic) bond motifs is 1. The first-order valence-electron chi connectivity index (χ1n) is 10.0. The van der Waals surface area contributed by atoms with Crippen LogP contribution in [0.5, 0.6) is 5.75 Å². The molecule has 4 atom stereocenters. The number of carbonyl (C=O) groups excluding carboxylic acids is 1. The Morgan fingerprint density at radius 2 is 2.12 bits per heavy atom. The third-order valence-corrected chi connectivity index (χ3v) is 7.61. The second kappa shape index (κ2) is 6.53. The third-order valence-electron chi connectivity index (χ3n) is 7.61. The first-order valence-corrected chi connectivity index (χ1v) is 10.0. The molecule has 1 aromatic carbocycles. The van der Waals surface area contributed by atoms with Gasteiger partial charge in [-0.15, -0.1) is 12.4 Å². The highest BCUT2D eigenvalue weighted by atomic mass is 35.5. The summed E-state index contributed by atoms with van der Waals surface area (Å²) in [4.78, 5) is 15.5. The summed E-state index contributed by atoms with van der Waals surface area (Å²) >= 11 is 0. The highest BCUT2D eigenvalue weighted by molar-refractivity contribution is 5.85. The first-order chi connectivity index (χ1) is 12.1. The van der Waals surface area contributed by atoms with E-state index in [0.29, 0.717) is 17.7 Å². The molecule has 142 valence electrons. The normalized spacial score (nSPS) is 35.9. The van der Waals surface area contributed by atoms with E-state index in [-0.39, 0.29) is 23.7 Å². The van der Waals surface area contributed by atoms with Crippen molar-refractivity contribution in [3.05, 3.63) is 29.3 Å². The summed E-state index contributed by atoms with van der Waals surface area (Å²) in [6, 6.07) is 7.25. The number of hydrogen-bond acceptors (Lipinski definition) is 3. The van der Waals surface area contributed by atoms with Crippen molar-refractivity contribution in [1.29, 1.82) is 0 Å². The summed E-state index contributed by atoms with van der Waals surface area (Å²) in [5, 5.41) is 0. The van der Waals surface area contributed by atoms with Crippen LogP contribution in [0, 0.1) is 17.8 Å². The number of piperidine rings is 1. The molecule has 2 saturated carbocycles. The fourth-order valence-corrected chi connectivity index (χ4v) is 6.03. The van der Waals surface area contributed by atoms with E-state index in [2.05, 4.69) is 30.0 Å². The van der Waals surface area contributed by atoms with Crippen LogP contribution in [-0.2, 0) is 16.6 Å². The topological polar surface area (TPSA) is 29.5 Å². The molecule has 0 aromatic heterocycles. The summed E-state index contributed by atoms with van der Waals surface area (Å²) < 4.78 is 5.53. The molecule has 0 spiro atoms. The Labute approximate surface area is 162 Å². The van der Waals surface area contributed by atoms with Gasteiger partial charge in [-0.2, -0.15) is 0 Å². The van der Waals surface area contributed by atoms with E-state index >= 15 is 0 Å². The number of hydrogen-bond donors (Lipinski definition) is 0. The molecule has 4 heteroatoms.